The molecular formula is C21H22F3N5O4. The summed E-state index contributed by atoms with van der Waals surface area (Å²) < 4.78 is 56.5. The summed E-state index contributed by atoms with van der Waals surface area (Å²) in [5, 5.41) is 2.62. The Kier molecular flexibility index (Phi) is 5.64. The summed E-state index contributed by atoms with van der Waals surface area (Å²) in [4.78, 5) is 24.7. The van der Waals surface area contributed by atoms with Gasteiger partial charge in [-0.15, -0.1) is 0 Å². The van der Waals surface area contributed by atoms with Gasteiger partial charge in [0.05, 0.1) is 31.0 Å². The summed E-state index contributed by atoms with van der Waals surface area (Å²) in [6.07, 6.45) is 2.16. The number of nitrogens with two attached hydrogens (primary N) is 1. The molecule has 0 radical (unpaired) electrons. The largest absolute Gasteiger partial charge is 0.470 e. The molecule has 9 nitrogen and oxygen atoms in total. The molecule has 3 N–H and O–H groups in total. The zero-order valence-corrected chi connectivity index (χ0v) is 17.9. The molecule has 2 atom stereocenters. The number of fused-ring (bicyclic) bond motifs is 1. The molecule has 0 saturated carbocycles. The van der Waals surface area contributed by atoms with Crippen LogP contribution in [0, 0.1) is 11.2 Å². The number of hydrogen-bond donors (Lipinski definition) is 2. The zero-order chi connectivity index (χ0) is 23.9. The molecular weight excluding hydrogens is 443 g/mol. The Morgan fingerprint density at radius 3 is 2.76 bits per heavy atom. The van der Waals surface area contributed by atoms with E-state index >= 15 is 0 Å². The van der Waals surface area contributed by atoms with E-state index in [1.54, 1.807) is 0 Å². The molecule has 176 valence electrons. The molecule has 2 aromatic rings. The number of aliphatic imine (C=N–C) groups is 1. The molecule has 2 aliphatic rings. The van der Waals surface area contributed by atoms with Crippen LogP contribution in [0.2, 0.25) is 0 Å². The highest BCUT2D eigenvalue weighted by molar-refractivity contribution is 6.02. The van der Waals surface area contributed by atoms with E-state index in [1.807, 2.05) is 6.92 Å². The van der Waals surface area contributed by atoms with Crippen molar-refractivity contribution in [2.75, 3.05) is 31.7 Å². The van der Waals surface area contributed by atoms with Crippen molar-refractivity contribution < 1.29 is 32.2 Å². The minimum Gasteiger partial charge on any atom is -0.470 e. The molecule has 3 heterocycles. The monoisotopic (exact) mass is 465 g/mol. The van der Waals surface area contributed by atoms with Crippen molar-refractivity contribution in [3.8, 4) is 5.88 Å². The predicted molar refractivity (Wildman–Crippen MR) is 111 cm³/mol. The van der Waals surface area contributed by atoms with Crippen molar-refractivity contribution in [3.63, 3.8) is 0 Å². The van der Waals surface area contributed by atoms with Gasteiger partial charge in [-0.2, -0.15) is 0 Å². The quantitative estimate of drug-likeness (QED) is 0.672. The number of amides is 1. The number of rotatable bonds is 6. The summed E-state index contributed by atoms with van der Waals surface area (Å²) >= 11 is 0. The Morgan fingerprint density at radius 1 is 1.27 bits per heavy atom. The molecule has 1 fully saturated rings. The lowest BCUT2D eigenvalue weighted by molar-refractivity contribution is -0.0243. The number of anilines is 1. The SMILES string of the molecule is CC(F)(F)COc1cnc(C(=O)Nc2ccc(F)c(C34COCC3(C)COC(N)=N4)c2)cn1. The van der Waals surface area contributed by atoms with E-state index in [0.717, 1.165) is 12.4 Å². The highest BCUT2D eigenvalue weighted by Crippen LogP contribution is 2.51. The number of carbonyl (C=O) groups is 1. The topological polar surface area (TPSA) is 121 Å². The number of carbonyl (C=O) groups excluding carboxylic acids is 1. The van der Waals surface area contributed by atoms with Crippen molar-refractivity contribution in [2.45, 2.75) is 25.3 Å². The second-order valence-corrected chi connectivity index (χ2v) is 8.40. The molecule has 1 aromatic heterocycles. The van der Waals surface area contributed by atoms with Gasteiger partial charge in [0.25, 0.3) is 17.9 Å². The molecule has 2 unspecified atom stereocenters. The third-order valence-electron chi connectivity index (χ3n) is 5.57. The van der Waals surface area contributed by atoms with Gasteiger partial charge in [-0.25, -0.2) is 28.1 Å². The second-order valence-electron chi connectivity index (χ2n) is 8.40. The molecule has 1 aromatic carbocycles. The molecule has 1 amide bonds. The van der Waals surface area contributed by atoms with E-state index in [9.17, 15) is 18.0 Å². The van der Waals surface area contributed by atoms with Crippen LogP contribution in [0.15, 0.2) is 35.6 Å². The number of benzene rings is 1. The molecule has 1 saturated heterocycles. The first-order valence-corrected chi connectivity index (χ1v) is 10.0. The number of hydrogen-bond acceptors (Lipinski definition) is 8. The first-order chi connectivity index (χ1) is 15.5. The fourth-order valence-electron chi connectivity index (χ4n) is 3.79. The van der Waals surface area contributed by atoms with Crippen LogP contribution in [0.4, 0.5) is 18.9 Å². The lowest BCUT2D eigenvalue weighted by Gasteiger charge is -2.42. The minimum atomic E-state index is -3.03. The predicted octanol–water partition coefficient (Wildman–Crippen LogP) is 2.48. The number of halogens is 3. The van der Waals surface area contributed by atoms with E-state index in [4.69, 9.17) is 19.9 Å². The number of amidine groups is 1. The highest BCUT2D eigenvalue weighted by atomic mass is 19.3. The normalized spacial score (nSPS) is 24.5. The Bertz CT molecular complexity index is 1090. The minimum absolute atomic E-state index is 0.0646. The van der Waals surface area contributed by atoms with E-state index in [2.05, 4.69) is 20.3 Å². The Balaban J connectivity index is 1.55. The van der Waals surface area contributed by atoms with Crippen LogP contribution >= 0.6 is 0 Å². The van der Waals surface area contributed by atoms with Gasteiger partial charge in [0.15, 0.2) is 6.61 Å². The Labute approximate surface area is 187 Å². The van der Waals surface area contributed by atoms with Gasteiger partial charge in [-0.3, -0.25) is 4.79 Å². The van der Waals surface area contributed by atoms with E-state index in [-0.39, 0.29) is 42.1 Å². The third-order valence-corrected chi connectivity index (χ3v) is 5.57. The standard InChI is InChI=1S/C21H22F3N5O4/c1-19-8-31-11-21(19,29-18(25)33-9-19)13-5-12(3-4-14(13)22)28-17(30)15-6-27-16(7-26-15)32-10-20(2,23)24/h3-7H,8-11H2,1-2H3,(H2,25,29)(H,28,30). The van der Waals surface area contributed by atoms with E-state index in [0.29, 0.717) is 13.5 Å². The van der Waals surface area contributed by atoms with Gasteiger partial charge in [-0.05, 0) is 18.2 Å². The van der Waals surface area contributed by atoms with E-state index < -0.39 is 35.2 Å². The zero-order valence-electron chi connectivity index (χ0n) is 17.9. The van der Waals surface area contributed by atoms with Crippen molar-refractivity contribution in [1.82, 2.24) is 9.97 Å². The lowest BCUT2D eigenvalue weighted by atomic mass is 9.69. The molecule has 33 heavy (non-hydrogen) atoms. The fourth-order valence-corrected chi connectivity index (χ4v) is 3.79. The Morgan fingerprint density at radius 2 is 2.06 bits per heavy atom. The second kappa shape index (κ2) is 8.18. The van der Waals surface area contributed by atoms with Crippen LogP contribution in [0.3, 0.4) is 0 Å². The summed E-state index contributed by atoms with van der Waals surface area (Å²) in [5.74, 6) is -4.34. The average molecular weight is 465 g/mol. The molecule has 0 aliphatic carbocycles. The molecule has 0 spiro atoms. The van der Waals surface area contributed by atoms with Gasteiger partial charge in [0.2, 0.25) is 5.88 Å². The number of aromatic nitrogens is 2. The lowest BCUT2D eigenvalue weighted by Crippen LogP contribution is -2.50. The summed E-state index contributed by atoms with van der Waals surface area (Å²) in [7, 11) is 0. The van der Waals surface area contributed by atoms with Gasteiger partial charge in [0.1, 0.15) is 23.7 Å². The first kappa shape index (κ1) is 22.8. The number of alkyl halides is 2. The highest BCUT2D eigenvalue weighted by Gasteiger charge is 2.58. The van der Waals surface area contributed by atoms with Crippen molar-refractivity contribution >= 4 is 17.6 Å². The van der Waals surface area contributed by atoms with Gasteiger partial charge < -0.3 is 25.3 Å². The van der Waals surface area contributed by atoms with Crippen LogP contribution in [-0.2, 0) is 15.0 Å². The van der Waals surface area contributed by atoms with Crippen molar-refractivity contribution in [1.29, 1.82) is 0 Å². The summed E-state index contributed by atoms with van der Waals surface area (Å²) in [6.45, 7) is 2.31. The van der Waals surface area contributed by atoms with Crippen molar-refractivity contribution in [3.05, 3.63) is 47.7 Å². The summed E-state index contributed by atoms with van der Waals surface area (Å²) in [5.41, 5.74) is 4.43. The van der Waals surface area contributed by atoms with Crippen LogP contribution in [0.25, 0.3) is 0 Å². The maximum absolute atomic E-state index is 14.9. The summed E-state index contributed by atoms with van der Waals surface area (Å²) in [6, 6.07) is 4.01. The fraction of sp³-hybridized carbons (Fsp3) is 0.429. The van der Waals surface area contributed by atoms with Crippen molar-refractivity contribution in [2.24, 2.45) is 16.1 Å². The first-order valence-electron chi connectivity index (χ1n) is 10.0. The Hall–Kier alpha value is -3.41. The number of nitrogens with zero attached hydrogens (tertiary/aromatic N) is 3. The molecule has 4 rings (SSSR count). The molecule has 0 bridgehead atoms. The molecule has 2 aliphatic heterocycles. The van der Waals surface area contributed by atoms with Gasteiger partial charge in [-0.1, -0.05) is 6.92 Å². The maximum Gasteiger partial charge on any atom is 0.282 e. The van der Waals surface area contributed by atoms with Crippen LogP contribution in [0.5, 0.6) is 5.88 Å². The van der Waals surface area contributed by atoms with Crippen LogP contribution in [0.1, 0.15) is 29.9 Å². The van der Waals surface area contributed by atoms with Crippen LogP contribution in [-0.4, -0.2) is 54.2 Å². The maximum atomic E-state index is 14.9. The average Bonchev–Trinajstić information content (AvgIpc) is 3.10. The third kappa shape index (κ3) is 4.42. The van der Waals surface area contributed by atoms with Gasteiger partial charge >= 0.3 is 0 Å². The number of ether oxygens (including phenoxy) is 3. The van der Waals surface area contributed by atoms with Crippen LogP contribution < -0.4 is 15.8 Å². The number of nitrogens with one attached hydrogen (secondary N) is 1. The van der Waals surface area contributed by atoms with E-state index in [1.165, 1.54) is 18.2 Å². The molecule has 12 heteroatoms. The smallest absolute Gasteiger partial charge is 0.282 e. The van der Waals surface area contributed by atoms with Gasteiger partial charge in [0, 0.05) is 18.2 Å².